The fraction of sp³-hybridized carbons (Fsp3) is 0.367. The molecule has 0 aliphatic carbocycles. The summed E-state index contributed by atoms with van der Waals surface area (Å²) in [4.78, 5) is 12.3. The summed E-state index contributed by atoms with van der Waals surface area (Å²) in [6.45, 7) is 2.87. The Morgan fingerprint density at radius 3 is 1.73 bits per heavy atom. The van der Waals surface area contributed by atoms with Crippen LogP contribution in [-0.4, -0.2) is 50.3 Å². The van der Waals surface area contributed by atoms with E-state index in [4.69, 9.17) is 23.7 Å². The van der Waals surface area contributed by atoms with Gasteiger partial charge in [0.1, 0.15) is 18.3 Å². The van der Waals surface area contributed by atoms with Gasteiger partial charge in [0.15, 0.2) is 6.29 Å². The summed E-state index contributed by atoms with van der Waals surface area (Å²) in [5.41, 5.74) is 3.09. The van der Waals surface area contributed by atoms with E-state index in [-0.39, 0.29) is 12.5 Å². The molecule has 3 aromatic rings. The van der Waals surface area contributed by atoms with Gasteiger partial charge in [0.05, 0.1) is 32.5 Å². The zero-order valence-electron chi connectivity index (χ0n) is 21.3. The van der Waals surface area contributed by atoms with E-state index in [1.165, 1.54) is 6.92 Å². The number of hydrogen-bond donors (Lipinski definition) is 1. The van der Waals surface area contributed by atoms with E-state index in [0.29, 0.717) is 19.8 Å². The molecular formula is C30H35NO6. The van der Waals surface area contributed by atoms with Crippen molar-refractivity contribution in [3.05, 3.63) is 108 Å². The molecule has 0 bridgehead atoms. The molecule has 0 spiro atoms. The van der Waals surface area contributed by atoms with E-state index >= 15 is 0 Å². The van der Waals surface area contributed by atoms with Gasteiger partial charge in [-0.3, -0.25) is 4.79 Å². The number of amides is 1. The van der Waals surface area contributed by atoms with E-state index in [0.717, 1.165) is 16.7 Å². The lowest BCUT2D eigenvalue weighted by atomic mass is 9.95. The normalized spacial score (nSPS) is 23.5. The molecule has 1 heterocycles. The largest absolute Gasteiger partial charge is 0.374 e. The molecule has 196 valence electrons. The standard InChI is InChI=1S/C30H35NO6/c1-22(32)31-27-28(35-19-24-14-8-4-9-15-24)26(21-34-18-23-12-6-3-7-13-23)37-30(33-2)29(27)36-20-25-16-10-5-11-17-25/h3-17,26-30H,18-21H2,1-2H3,(H,31,32)/t26-,27+,28+,29-,30-/m1/s1. The van der Waals surface area contributed by atoms with Crippen LogP contribution in [0.2, 0.25) is 0 Å². The lowest BCUT2D eigenvalue weighted by Gasteiger charge is -2.46. The first-order chi connectivity index (χ1) is 18.1. The summed E-state index contributed by atoms with van der Waals surface area (Å²) in [5, 5.41) is 3.05. The molecule has 37 heavy (non-hydrogen) atoms. The van der Waals surface area contributed by atoms with Crippen molar-refractivity contribution in [2.45, 2.75) is 57.4 Å². The molecule has 3 aromatic carbocycles. The van der Waals surface area contributed by atoms with Gasteiger partial charge < -0.3 is 29.0 Å². The highest BCUT2D eigenvalue weighted by molar-refractivity contribution is 5.73. The summed E-state index contributed by atoms with van der Waals surface area (Å²) in [6.07, 6.45) is -2.35. The number of carbonyl (C=O) groups excluding carboxylic acids is 1. The summed E-state index contributed by atoms with van der Waals surface area (Å²) < 4.78 is 30.8. The van der Waals surface area contributed by atoms with Crippen LogP contribution >= 0.6 is 0 Å². The van der Waals surface area contributed by atoms with Crippen LogP contribution in [0.4, 0.5) is 0 Å². The SMILES string of the molecule is CO[C@@H]1O[C@H](COCc2ccccc2)[C@H](OCc2ccccc2)[C@H](NC(C)=O)[C@H]1OCc1ccccc1. The molecule has 1 aliphatic heterocycles. The van der Waals surface area contributed by atoms with Crippen LogP contribution < -0.4 is 5.32 Å². The minimum atomic E-state index is -0.720. The van der Waals surface area contributed by atoms with Gasteiger partial charge in [0.2, 0.25) is 5.91 Å². The third-order valence-corrected chi connectivity index (χ3v) is 6.22. The van der Waals surface area contributed by atoms with Crippen molar-refractivity contribution in [1.29, 1.82) is 0 Å². The lowest BCUT2D eigenvalue weighted by molar-refractivity contribution is -0.292. The molecule has 4 rings (SSSR count). The summed E-state index contributed by atoms with van der Waals surface area (Å²) in [7, 11) is 1.57. The number of carbonyl (C=O) groups is 1. The van der Waals surface area contributed by atoms with Gasteiger partial charge in [0, 0.05) is 14.0 Å². The van der Waals surface area contributed by atoms with Crippen molar-refractivity contribution in [3.63, 3.8) is 0 Å². The fourth-order valence-electron chi connectivity index (χ4n) is 4.43. The molecule has 0 unspecified atom stereocenters. The van der Waals surface area contributed by atoms with Crippen LogP contribution in [0.3, 0.4) is 0 Å². The van der Waals surface area contributed by atoms with Crippen LogP contribution in [0, 0.1) is 0 Å². The van der Waals surface area contributed by atoms with Crippen molar-refractivity contribution in [2.75, 3.05) is 13.7 Å². The van der Waals surface area contributed by atoms with Crippen LogP contribution in [0.5, 0.6) is 0 Å². The van der Waals surface area contributed by atoms with Gasteiger partial charge in [-0.25, -0.2) is 0 Å². The number of methoxy groups -OCH3 is 1. The second-order valence-corrected chi connectivity index (χ2v) is 9.03. The molecule has 1 N–H and O–H groups in total. The summed E-state index contributed by atoms with van der Waals surface area (Å²) >= 11 is 0. The molecule has 0 radical (unpaired) electrons. The van der Waals surface area contributed by atoms with Crippen LogP contribution in [0.25, 0.3) is 0 Å². The average Bonchev–Trinajstić information content (AvgIpc) is 2.93. The van der Waals surface area contributed by atoms with Gasteiger partial charge in [-0.2, -0.15) is 0 Å². The zero-order chi connectivity index (χ0) is 25.9. The fourth-order valence-corrected chi connectivity index (χ4v) is 4.43. The van der Waals surface area contributed by atoms with E-state index in [9.17, 15) is 4.79 Å². The molecule has 1 saturated heterocycles. The van der Waals surface area contributed by atoms with Gasteiger partial charge in [-0.05, 0) is 16.7 Å². The van der Waals surface area contributed by atoms with Crippen molar-refractivity contribution in [3.8, 4) is 0 Å². The van der Waals surface area contributed by atoms with Crippen molar-refractivity contribution in [1.82, 2.24) is 5.32 Å². The second-order valence-electron chi connectivity index (χ2n) is 9.03. The Balaban J connectivity index is 1.54. The highest BCUT2D eigenvalue weighted by Crippen LogP contribution is 2.28. The topological polar surface area (TPSA) is 75.3 Å². The predicted molar refractivity (Wildman–Crippen MR) is 139 cm³/mol. The number of nitrogens with one attached hydrogen (secondary N) is 1. The maximum Gasteiger partial charge on any atom is 0.217 e. The molecule has 1 aliphatic rings. The third-order valence-electron chi connectivity index (χ3n) is 6.22. The minimum absolute atomic E-state index is 0.188. The minimum Gasteiger partial charge on any atom is -0.374 e. The molecule has 0 saturated carbocycles. The molecular weight excluding hydrogens is 470 g/mol. The lowest BCUT2D eigenvalue weighted by Crippen LogP contribution is -2.66. The van der Waals surface area contributed by atoms with Crippen molar-refractivity contribution >= 4 is 5.91 Å². The first kappa shape index (κ1) is 27.0. The Kier molecular flexibility index (Phi) is 10.2. The maximum absolute atomic E-state index is 12.3. The Labute approximate surface area is 218 Å². The van der Waals surface area contributed by atoms with Crippen LogP contribution in [0.1, 0.15) is 23.6 Å². The third kappa shape index (κ3) is 7.95. The van der Waals surface area contributed by atoms with Crippen LogP contribution in [-0.2, 0) is 48.3 Å². The maximum atomic E-state index is 12.3. The Morgan fingerprint density at radius 1 is 0.757 bits per heavy atom. The first-order valence-corrected chi connectivity index (χ1v) is 12.5. The number of rotatable bonds is 12. The van der Waals surface area contributed by atoms with Crippen molar-refractivity contribution < 1.29 is 28.5 Å². The second kappa shape index (κ2) is 14.0. The van der Waals surface area contributed by atoms with E-state index in [1.807, 2.05) is 91.0 Å². The molecule has 0 aromatic heterocycles. The molecule has 1 amide bonds. The molecule has 7 heteroatoms. The zero-order valence-corrected chi connectivity index (χ0v) is 21.3. The Bertz CT molecular complexity index is 1070. The van der Waals surface area contributed by atoms with Gasteiger partial charge in [0.25, 0.3) is 0 Å². The Morgan fingerprint density at radius 2 is 1.24 bits per heavy atom. The highest BCUT2D eigenvalue weighted by atomic mass is 16.7. The quantitative estimate of drug-likeness (QED) is 0.397. The Hall–Kier alpha value is -3.07. The average molecular weight is 506 g/mol. The van der Waals surface area contributed by atoms with Gasteiger partial charge >= 0.3 is 0 Å². The smallest absolute Gasteiger partial charge is 0.217 e. The highest BCUT2D eigenvalue weighted by Gasteiger charge is 2.48. The summed E-state index contributed by atoms with van der Waals surface area (Å²) in [6, 6.07) is 29.2. The molecule has 1 fully saturated rings. The number of benzene rings is 3. The number of ether oxygens (including phenoxy) is 5. The van der Waals surface area contributed by atoms with Crippen LogP contribution in [0.15, 0.2) is 91.0 Å². The van der Waals surface area contributed by atoms with E-state index in [1.54, 1.807) is 7.11 Å². The van der Waals surface area contributed by atoms with E-state index < -0.39 is 30.6 Å². The summed E-state index contributed by atoms with van der Waals surface area (Å²) in [5.74, 6) is -0.188. The monoisotopic (exact) mass is 505 g/mol. The van der Waals surface area contributed by atoms with Gasteiger partial charge in [-0.15, -0.1) is 0 Å². The first-order valence-electron chi connectivity index (χ1n) is 12.5. The van der Waals surface area contributed by atoms with E-state index in [2.05, 4.69) is 5.32 Å². The van der Waals surface area contributed by atoms with Gasteiger partial charge in [-0.1, -0.05) is 91.0 Å². The number of hydrogen-bond acceptors (Lipinski definition) is 6. The molecule has 5 atom stereocenters. The molecule has 7 nitrogen and oxygen atoms in total. The predicted octanol–water partition coefficient (Wildman–Crippen LogP) is 4.25. The van der Waals surface area contributed by atoms with Crippen molar-refractivity contribution in [2.24, 2.45) is 0 Å².